The molecular weight excluding hydrogens is 389 g/mol. The summed E-state index contributed by atoms with van der Waals surface area (Å²) in [5, 5.41) is 11.2. The first kappa shape index (κ1) is 19.6. The normalized spacial score (nSPS) is 14.3. The molecule has 4 rings (SSSR count). The standard InChI is InChI=1S/C22H22FN3O2S/c1-14(17-7-6-15-4-2-3-5-18(15)12-17)24-20(27)13-29-22-26-25-21(28-22)16-8-10-19(23)11-9-16/h6-12,14H,2-5,13H2,1H3,(H,24,27)/t14-/m0/s1. The smallest absolute Gasteiger partial charge is 0.277 e. The Morgan fingerprint density at radius 2 is 1.90 bits per heavy atom. The second kappa shape index (κ2) is 8.78. The van der Waals surface area contributed by atoms with Crippen molar-refractivity contribution in [2.75, 3.05) is 5.75 Å². The molecule has 1 aliphatic carbocycles. The van der Waals surface area contributed by atoms with E-state index in [0.29, 0.717) is 16.7 Å². The van der Waals surface area contributed by atoms with Crippen LogP contribution in [-0.4, -0.2) is 21.9 Å². The van der Waals surface area contributed by atoms with E-state index < -0.39 is 0 Å². The van der Waals surface area contributed by atoms with Crippen molar-refractivity contribution in [1.29, 1.82) is 0 Å². The van der Waals surface area contributed by atoms with Crippen LogP contribution in [0.1, 0.15) is 42.5 Å². The van der Waals surface area contributed by atoms with Gasteiger partial charge in [0.2, 0.25) is 11.8 Å². The molecule has 1 N–H and O–H groups in total. The third-order valence-corrected chi connectivity index (χ3v) is 5.89. The molecule has 0 saturated carbocycles. The summed E-state index contributed by atoms with van der Waals surface area (Å²) in [4.78, 5) is 12.3. The van der Waals surface area contributed by atoms with Crippen molar-refractivity contribution in [3.63, 3.8) is 0 Å². The van der Waals surface area contributed by atoms with E-state index in [9.17, 15) is 9.18 Å². The number of thioether (sulfide) groups is 1. The molecule has 0 fully saturated rings. The zero-order chi connectivity index (χ0) is 20.2. The predicted octanol–water partition coefficient (Wildman–Crippen LogP) is 4.72. The number of carbonyl (C=O) groups is 1. The van der Waals surface area contributed by atoms with Crippen LogP contribution in [-0.2, 0) is 17.6 Å². The SMILES string of the molecule is C[C@H](NC(=O)CSc1nnc(-c2ccc(F)cc2)o1)c1ccc2c(c1)CCCC2. The summed E-state index contributed by atoms with van der Waals surface area (Å²) in [7, 11) is 0. The van der Waals surface area contributed by atoms with Crippen LogP contribution in [0.3, 0.4) is 0 Å². The van der Waals surface area contributed by atoms with Crippen molar-refractivity contribution < 1.29 is 13.6 Å². The number of hydrogen-bond acceptors (Lipinski definition) is 5. The molecule has 0 spiro atoms. The number of amides is 1. The molecule has 1 amide bonds. The Bertz CT molecular complexity index is 1000. The van der Waals surface area contributed by atoms with Crippen molar-refractivity contribution in [1.82, 2.24) is 15.5 Å². The van der Waals surface area contributed by atoms with Gasteiger partial charge in [-0.3, -0.25) is 4.79 Å². The molecule has 2 aromatic carbocycles. The number of aryl methyl sites for hydroxylation is 2. The molecule has 3 aromatic rings. The number of rotatable bonds is 6. The van der Waals surface area contributed by atoms with Crippen LogP contribution in [0.2, 0.25) is 0 Å². The number of fused-ring (bicyclic) bond motifs is 1. The van der Waals surface area contributed by atoms with E-state index >= 15 is 0 Å². The van der Waals surface area contributed by atoms with Gasteiger partial charge in [0.15, 0.2) is 0 Å². The highest BCUT2D eigenvalue weighted by atomic mass is 32.2. The van der Waals surface area contributed by atoms with Crippen LogP contribution in [0.5, 0.6) is 0 Å². The summed E-state index contributed by atoms with van der Waals surface area (Å²) in [5.41, 5.74) is 4.60. The number of nitrogens with zero attached hydrogens (tertiary/aromatic N) is 2. The van der Waals surface area contributed by atoms with Crippen LogP contribution in [0.4, 0.5) is 4.39 Å². The van der Waals surface area contributed by atoms with Gasteiger partial charge < -0.3 is 9.73 Å². The van der Waals surface area contributed by atoms with E-state index in [4.69, 9.17) is 4.42 Å². The minimum absolute atomic E-state index is 0.0622. The van der Waals surface area contributed by atoms with Gasteiger partial charge in [0.05, 0.1) is 11.8 Å². The number of halogens is 1. The van der Waals surface area contributed by atoms with Gasteiger partial charge >= 0.3 is 0 Å². The zero-order valence-electron chi connectivity index (χ0n) is 16.2. The lowest BCUT2D eigenvalue weighted by molar-refractivity contribution is -0.119. The van der Waals surface area contributed by atoms with Gasteiger partial charge in [0.1, 0.15) is 5.82 Å². The molecular formula is C22H22FN3O2S. The predicted molar refractivity (Wildman–Crippen MR) is 110 cm³/mol. The summed E-state index contributed by atoms with van der Waals surface area (Å²) >= 11 is 1.18. The lowest BCUT2D eigenvalue weighted by Gasteiger charge is -2.20. The van der Waals surface area contributed by atoms with Gasteiger partial charge in [-0.2, -0.15) is 0 Å². The van der Waals surface area contributed by atoms with E-state index in [0.717, 1.165) is 18.4 Å². The van der Waals surface area contributed by atoms with Crippen LogP contribution < -0.4 is 5.32 Å². The highest BCUT2D eigenvalue weighted by molar-refractivity contribution is 7.99. The molecule has 5 nitrogen and oxygen atoms in total. The molecule has 1 heterocycles. The van der Waals surface area contributed by atoms with Crippen LogP contribution in [0, 0.1) is 5.82 Å². The summed E-state index contributed by atoms with van der Waals surface area (Å²) in [5.74, 6) is 0.0602. The van der Waals surface area contributed by atoms with Gasteiger partial charge in [0.25, 0.3) is 5.22 Å². The molecule has 1 aliphatic rings. The van der Waals surface area contributed by atoms with E-state index in [1.54, 1.807) is 12.1 Å². The van der Waals surface area contributed by atoms with Crippen molar-refractivity contribution >= 4 is 17.7 Å². The monoisotopic (exact) mass is 411 g/mol. The van der Waals surface area contributed by atoms with Crippen LogP contribution in [0.15, 0.2) is 52.1 Å². The fourth-order valence-electron chi connectivity index (χ4n) is 3.49. The number of carbonyl (C=O) groups excluding carboxylic acids is 1. The minimum Gasteiger partial charge on any atom is -0.411 e. The maximum Gasteiger partial charge on any atom is 0.277 e. The number of nitrogens with one attached hydrogen (secondary N) is 1. The average molecular weight is 412 g/mol. The summed E-state index contributed by atoms with van der Waals surface area (Å²) in [6.45, 7) is 1.99. The molecule has 7 heteroatoms. The van der Waals surface area contributed by atoms with Crippen molar-refractivity contribution in [2.45, 2.75) is 43.9 Å². The minimum atomic E-state index is -0.326. The summed E-state index contributed by atoms with van der Waals surface area (Å²) in [6, 6.07) is 12.3. The van der Waals surface area contributed by atoms with Crippen LogP contribution >= 0.6 is 11.8 Å². The first-order chi connectivity index (χ1) is 14.1. The van der Waals surface area contributed by atoms with Gasteiger partial charge in [-0.05, 0) is 73.6 Å². The second-order valence-electron chi connectivity index (χ2n) is 7.19. The van der Waals surface area contributed by atoms with Crippen molar-refractivity contribution in [3.8, 4) is 11.5 Å². The van der Waals surface area contributed by atoms with E-state index in [-0.39, 0.29) is 23.5 Å². The Kier molecular flexibility index (Phi) is 5.94. The Morgan fingerprint density at radius 1 is 1.14 bits per heavy atom. The fourth-order valence-corrected chi connectivity index (χ4v) is 4.07. The number of hydrogen-bond donors (Lipinski definition) is 1. The first-order valence-electron chi connectivity index (χ1n) is 9.72. The maximum absolute atomic E-state index is 13.0. The number of benzene rings is 2. The molecule has 1 atom stereocenters. The second-order valence-corrected chi connectivity index (χ2v) is 8.12. The van der Waals surface area contributed by atoms with Crippen molar-refractivity contribution in [2.24, 2.45) is 0 Å². The molecule has 29 heavy (non-hydrogen) atoms. The molecule has 0 unspecified atom stereocenters. The molecule has 0 aliphatic heterocycles. The Hall–Kier alpha value is -2.67. The fraction of sp³-hybridized carbons (Fsp3) is 0.318. The quantitative estimate of drug-likeness (QED) is 0.594. The topological polar surface area (TPSA) is 68.0 Å². The van der Waals surface area contributed by atoms with Crippen LogP contribution in [0.25, 0.3) is 11.5 Å². The van der Waals surface area contributed by atoms with E-state index in [2.05, 4.69) is 33.7 Å². The lowest BCUT2D eigenvalue weighted by atomic mass is 9.89. The molecule has 150 valence electrons. The largest absolute Gasteiger partial charge is 0.411 e. The highest BCUT2D eigenvalue weighted by Crippen LogP contribution is 2.26. The summed E-state index contributed by atoms with van der Waals surface area (Å²) < 4.78 is 18.6. The van der Waals surface area contributed by atoms with E-state index in [1.165, 1.54) is 47.9 Å². The summed E-state index contributed by atoms with van der Waals surface area (Å²) in [6.07, 6.45) is 4.76. The molecule has 0 radical (unpaired) electrons. The Morgan fingerprint density at radius 3 is 2.69 bits per heavy atom. The highest BCUT2D eigenvalue weighted by Gasteiger charge is 2.16. The van der Waals surface area contributed by atoms with Gasteiger partial charge in [-0.1, -0.05) is 30.0 Å². The Labute approximate surface area is 173 Å². The zero-order valence-corrected chi connectivity index (χ0v) is 17.0. The van der Waals surface area contributed by atoms with Gasteiger partial charge in [-0.15, -0.1) is 10.2 Å². The molecule has 0 bridgehead atoms. The first-order valence-corrected chi connectivity index (χ1v) is 10.7. The maximum atomic E-state index is 13.0. The molecule has 1 aromatic heterocycles. The number of aromatic nitrogens is 2. The van der Waals surface area contributed by atoms with E-state index in [1.807, 2.05) is 6.92 Å². The third kappa shape index (κ3) is 4.85. The van der Waals surface area contributed by atoms with Gasteiger partial charge in [-0.25, -0.2) is 4.39 Å². The lowest BCUT2D eigenvalue weighted by Crippen LogP contribution is -2.28. The average Bonchev–Trinajstić information content (AvgIpc) is 3.21. The Balaban J connectivity index is 1.31. The molecule has 0 saturated heterocycles. The van der Waals surface area contributed by atoms with Crippen molar-refractivity contribution in [3.05, 3.63) is 65.0 Å². The van der Waals surface area contributed by atoms with Gasteiger partial charge in [0, 0.05) is 5.56 Å². The third-order valence-electron chi connectivity index (χ3n) is 5.07.